The second kappa shape index (κ2) is 6.64. The monoisotopic (exact) mass is 226 g/mol. The zero-order valence-corrected chi connectivity index (χ0v) is 12.0. The number of rotatable bonds is 7. The topological polar surface area (TPSA) is 0 Å². The Balaban J connectivity index is 2.08. The van der Waals surface area contributed by atoms with E-state index in [9.17, 15) is 0 Å². The Morgan fingerprint density at radius 1 is 0.875 bits per heavy atom. The molecule has 1 nitrogen and oxygen atoms in total. The Labute approximate surface area is 103 Å². The van der Waals surface area contributed by atoms with Crippen molar-refractivity contribution in [3.05, 3.63) is 0 Å². The molecule has 96 valence electrons. The van der Waals surface area contributed by atoms with Gasteiger partial charge < -0.3 is 4.48 Å². The predicted octanol–water partition coefficient (Wildman–Crippen LogP) is 4.08. The molecule has 1 aliphatic heterocycles. The van der Waals surface area contributed by atoms with Crippen LogP contribution in [0.1, 0.15) is 59.3 Å². The van der Waals surface area contributed by atoms with Crippen LogP contribution in [0.2, 0.25) is 0 Å². The molecular weight excluding hydrogens is 194 g/mol. The standard InChI is InChI=1S/C15H32N/c1-5-6-7-8-9-10-11-16(4)12-14(2)15(3)13-16/h14-15H,5-13H2,1-4H3/q+1. The first-order chi connectivity index (χ1) is 7.57. The number of nitrogens with zero attached hydrogens (tertiary/aromatic N) is 1. The van der Waals surface area contributed by atoms with Crippen LogP contribution in [0, 0.1) is 11.8 Å². The fraction of sp³-hybridized carbons (Fsp3) is 1.00. The molecule has 1 aliphatic rings. The van der Waals surface area contributed by atoms with Gasteiger partial charge in [-0.15, -0.1) is 0 Å². The van der Waals surface area contributed by atoms with Crippen molar-refractivity contribution in [2.75, 3.05) is 26.7 Å². The number of quaternary nitrogens is 1. The van der Waals surface area contributed by atoms with Crippen LogP contribution in [-0.4, -0.2) is 31.2 Å². The third-order valence-corrected chi connectivity index (χ3v) is 4.48. The van der Waals surface area contributed by atoms with E-state index in [4.69, 9.17) is 0 Å². The van der Waals surface area contributed by atoms with Gasteiger partial charge in [0.05, 0.1) is 26.7 Å². The summed E-state index contributed by atoms with van der Waals surface area (Å²) in [5, 5.41) is 0. The molecule has 1 saturated heterocycles. The highest BCUT2D eigenvalue weighted by molar-refractivity contribution is 4.68. The summed E-state index contributed by atoms with van der Waals surface area (Å²) in [6.45, 7) is 11.4. The summed E-state index contributed by atoms with van der Waals surface area (Å²) < 4.78 is 1.34. The molecule has 2 unspecified atom stereocenters. The maximum Gasteiger partial charge on any atom is 0.0815 e. The molecule has 0 aromatic rings. The van der Waals surface area contributed by atoms with Gasteiger partial charge in [0.15, 0.2) is 0 Å². The van der Waals surface area contributed by atoms with Crippen LogP contribution in [0.5, 0.6) is 0 Å². The third-order valence-electron chi connectivity index (χ3n) is 4.48. The van der Waals surface area contributed by atoms with Crippen LogP contribution in [0.3, 0.4) is 0 Å². The van der Waals surface area contributed by atoms with Gasteiger partial charge in [0.2, 0.25) is 0 Å². The molecule has 1 heteroatoms. The molecule has 0 aromatic heterocycles. The minimum atomic E-state index is 0.935. The van der Waals surface area contributed by atoms with Crippen molar-refractivity contribution in [3.63, 3.8) is 0 Å². The summed E-state index contributed by atoms with van der Waals surface area (Å²) in [7, 11) is 2.46. The number of unbranched alkanes of at least 4 members (excludes halogenated alkanes) is 5. The zero-order chi connectivity index (χ0) is 12.0. The van der Waals surface area contributed by atoms with Crippen LogP contribution in [0.15, 0.2) is 0 Å². The molecule has 2 atom stereocenters. The smallest absolute Gasteiger partial charge is 0.0815 e. The molecule has 1 heterocycles. The fourth-order valence-corrected chi connectivity index (χ4v) is 3.28. The van der Waals surface area contributed by atoms with E-state index in [2.05, 4.69) is 27.8 Å². The maximum absolute atomic E-state index is 2.46. The molecule has 0 bridgehead atoms. The summed E-state index contributed by atoms with van der Waals surface area (Å²) in [5.74, 6) is 1.87. The van der Waals surface area contributed by atoms with Crippen molar-refractivity contribution in [1.29, 1.82) is 0 Å². The Morgan fingerprint density at radius 3 is 1.94 bits per heavy atom. The van der Waals surface area contributed by atoms with Crippen molar-refractivity contribution in [3.8, 4) is 0 Å². The van der Waals surface area contributed by atoms with Gasteiger partial charge in [0.25, 0.3) is 0 Å². The van der Waals surface area contributed by atoms with Gasteiger partial charge in [-0.1, -0.05) is 46.5 Å². The molecule has 0 aliphatic carbocycles. The lowest BCUT2D eigenvalue weighted by molar-refractivity contribution is -0.900. The summed E-state index contributed by atoms with van der Waals surface area (Å²) >= 11 is 0. The molecule has 1 fully saturated rings. The second-order valence-electron chi connectivity index (χ2n) is 6.43. The van der Waals surface area contributed by atoms with Gasteiger partial charge in [-0.05, 0) is 12.8 Å². The van der Waals surface area contributed by atoms with E-state index >= 15 is 0 Å². The van der Waals surface area contributed by atoms with Crippen molar-refractivity contribution >= 4 is 0 Å². The average Bonchev–Trinajstić information content (AvgIpc) is 2.47. The van der Waals surface area contributed by atoms with E-state index in [-0.39, 0.29) is 0 Å². The van der Waals surface area contributed by atoms with E-state index in [0.29, 0.717) is 0 Å². The van der Waals surface area contributed by atoms with Crippen LogP contribution in [-0.2, 0) is 0 Å². The van der Waals surface area contributed by atoms with Crippen LogP contribution in [0.4, 0.5) is 0 Å². The lowest BCUT2D eigenvalue weighted by Crippen LogP contribution is -2.42. The molecule has 0 saturated carbocycles. The molecule has 1 rings (SSSR count). The first kappa shape index (κ1) is 14.0. The SMILES string of the molecule is CCCCCCCC[N+]1(C)CC(C)C(C)C1. The molecule has 0 aromatic carbocycles. The van der Waals surface area contributed by atoms with Gasteiger partial charge in [-0.3, -0.25) is 0 Å². The molecule has 0 spiro atoms. The first-order valence-electron chi connectivity index (χ1n) is 7.41. The Hall–Kier alpha value is -0.0400. The summed E-state index contributed by atoms with van der Waals surface area (Å²) in [4.78, 5) is 0. The third kappa shape index (κ3) is 4.45. The van der Waals surface area contributed by atoms with Crippen molar-refractivity contribution < 1.29 is 4.48 Å². The lowest BCUT2D eigenvalue weighted by Gasteiger charge is -2.29. The molecule has 0 N–H and O–H groups in total. The van der Waals surface area contributed by atoms with E-state index in [1.165, 1.54) is 62.6 Å². The fourth-order valence-electron chi connectivity index (χ4n) is 3.28. The van der Waals surface area contributed by atoms with E-state index in [1.807, 2.05) is 0 Å². The van der Waals surface area contributed by atoms with Gasteiger partial charge in [0, 0.05) is 11.8 Å². The van der Waals surface area contributed by atoms with Gasteiger partial charge in [0.1, 0.15) is 0 Å². The van der Waals surface area contributed by atoms with E-state index in [0.717, 1.165) is 11.8 Å². The minimum absolute atomic E-state index is 0.935. The lowest BCUT2D eigenvalue weighted by atomic mass is 10.0. The zero-order valence-electron chi connectivity index (χ0n) is 12.0. The first-order valence-corrected chi connectivity index (χ1v) is 7.41. The minimum Gasteiger partial charge on any atom is -0.326 e. The maximum atomic E-state index is 2.46. The van der Waals surface area contributed by atoms with Crippen molar-refractivity contribution in [2.45, 2.75) is 59.3 Å². The quantitative estimate of drug-likeness (QED) is 0.453. The van der Waals surface area contributed by atoms with Crippen molar-refractivity contribution in [2.24, 2.45) is 11.8 Å². The number of hydrogen-bond donors (Lipinski definition) is 0. The summed E-state index contributed by atoms with van der Waals surface area (Å²) in [5.41, 5.74) is 0. The van der Waals surface area contributed by atoms with E-state index < -0.39 is 0 Å². The number of hydrogen-bond acceptors (Lipinski definition) is 0. The number of likely N-dealkylation sites (tertiary alicyclic amines) is 1. The highest BCUT2D eigenvalue weighted by Crippen LogP contribution is 2.28. The van der Waals surface area contributed by atoms with Gasteiger partial charge in [-0.2, -0.15) is 0 Å². The normalized spacial score (nSPS) is 34.5. The molecule has 0 radical (unpaired) electrons. The van der Waals surface area contributed by atoms with Crippen molar-refractivity contribution in [1.82, 2.24) is 0 Å². The Bertz CT molecular complexity index is 178. The van der Waals surface area contributed by atoms with Gasteiger partial charge in [-0.25, -0.2) is 0 Å². The van der Waals surface area contributed by atoms with Crippen LogP contribution < -0.4 is 0 Å². The Kier molecular flexibility index (Phi) is 5.82. The highest BCUT2D eigenvalue weighted by Gasteiger charge is 2.36. The van der Waals surface area contributed by atoms with E-state index in [1.54, 1.807) is 0 Å². The molecule has 16 heavy (non-hydrogen) atoms. The summed E-state index contributed by atoms with van der Waals surface area (Å²) in [6, 6.07) is 0. The Morgan fingerprint density at radius 2 is 1.38 bits per heavy atom. The highest BCUT2D eigenvalue weighted by atomic mass is 15.3. The predicted molar refractivity (Wildman–Crippen MR) is 72.5 cm³/mol. The summed E-state index contributed by atoms with van der Waals surface area (Å²) in [6.07, 6.45) is 8.60. The second-order valence-corrected chi connectivity index (χ2v) is 6.43. The van der Waals surface area contributed by atoms with Crippen LogP contribution >= 0.6 is 0 Å². The van der Waals surface area contributed by atoms with Gasteiger partial charge >= 0.3 is 0 Å². The van der Waals surface area contributed by atoms with Crippen LogP contribution in [0.25, 0.3) is 0 Å². The molecular formula is C15H32N+. The molecule has 0 amide bonds. The average molecular weight is 226 g/mol. The largest absolute Gasteiger partial charge is 0.326 e.